The minimum absolute atomic E-state index is 0.00341. The minimum atomic E-state index is -2.96. The Labute approximate surface area is 327 Å². The highest BCUT2D eigenvalue weighted by Crippen LogP contribution is 2.76. The molecule has 6 nitrogen and oxygen atoms in total. The van der Waals surface area contributed by atoms with Crippen molar-refractivity contribution < 1.29 is 22.7 Å². The number of hydrogen-bond acceptors (Lipinski definition) is 5. The van der Waals surface area contributed by atoms with Gasteiger partial charge in [-0.15, -0.1) is 0 Å². The number of nitrogens with zero attached hydrogens (tertiary/aromatic N) is 1. The van der Waals surface area contributed by atoms with Crippen LogP contribution >= 0.6 is 0 Å². The number of piperidine rings is 1. The number of allylic oxidation sites excluding steroid dienone is 5. The van der Waals surface area contributed by atoms with Crippen molar-refractivity contribution in [2.75, 3.05) is 39.1 Å². The van der Waals surface area contributed by atoms with E-state index in [1.165, 1.54) is 74.3 Å². The molecule has 6 aliphatic carbocycles. The number of sulfone groups is 1. The summed E-state index contributed by atoms with van der Waals surface area (Å²) < 4.78 is 37.8. The Morgan fingerprint density at radius 2 is 1.65 bits per heavy atom. The molecule has 0 radical (unpaired) electrons. The molecule has 1 unspecified atom stereocenters. The van der Waals surface area contributed by atoms with Crippen LogP contribution in [-0.4, -0.2) is 74.3 Å². The Bertz CT molecular complexity index is 1660. The van der Waals surface area contributed by atoms with Crippen molar-refractivity contribution in [3.8, 4) is 0 Å². The van der Waals surface area contributed by atoms with E-state index in [0.717, 1.165) is 51.9 Å². The average Bonchev–Trinajstić information content (AvgIpc) is 3.49. The van der Waals surface area contributed by atoms with Gasteiger partial charge in [0, 0.05) is 24.9 Å². The lowest BCUT2D eigenvalue weighted by molar-refractivity contribution is -0.221. The number of likely N-dealkylation sites (tertiary alicyclic amines) is 1. The Balaban J connectivity index is 1.10. The highest BCUT2D eigenvalue weighted by molar-refractivity contribution is 7.91. The molecule has 7 aliphatic rings. The largest absolute Gasteiger partial charge is 0.481 e. The van der Waals surface area contributed by atoms with Crippen LogP contribution in [-0.2, 0) is 14.6 Å². The molecule has 0 aromatic heterocycles. The summed E-state index contributed by atoms with van der Waals surface area (Å²) in [5, 5.41) is 14.1. The van der Waals surface area contributed by atoms with Crippen LogP contribution in [0, 0.1) is 56.7 Å². The molecule has 2 N–H and O–H groups in total. The number of rotatable bonds is 10. The Kier molecular flexibility index (Phi) is 10.6. The van der Waals surface area contributed by atoms with Gasteiger partial charge in [-0.3, -0.25) is 9.18 Å². The molecular formula is C46H73FN2O4S. The topological polar surface area (TPSA) is 86.7 Å². The van der Waals surface area contributed by atoms with Gasteiger partial charge < -0.3 is 15.3 Å². The molecule has 10 atom stereocenters. The molecule has 0 amide bonds. The fourth-order valence-corrected chi connectivity index (χ4v) is 16.5. The van der Waals surface area contributed by atoms with E-state index in [9.17, 15) is 22.7 Å². The number of nitrogens with one attached hydrogen (secondary N) is 1. The molecule has 1 aliphatic heterocycles. The van der Waals surface area contributed by atoms with Crippen molar-refractivity contribution in [1.29, 1.82) is 0 Å². The number of fused-ring (bicyclic) bond motifs is 7. The highest BCUT2D eigenvalue weighted by atomic mass is 32.2. The summed E-state index contributed by atoms with van der Waals surface area (Å²) in [5.74, 6) is 2.23. The lowest BCUT2D eigenvalue weighted by atomic mass is 9.33. The number of carboxylic acid groups (broad SMARTS) is 1. The van der Waals surface area contributed by atoms with Crippen LogP contribution in [0.1, 0.15) is 138 Å². The fraction of sp³-hybridized carbons (Fsp3) is 0.848. The molecule has 4 saturated carbocycles. The lowest BCUT2D eigenvalue weighted by Gasteiger charge is -2.72. The molecule has 0 aromatic carbocycles. The molecule has 304 valence electrons. The van der Waals surface area contributed by atoms with Crippen LogP contribution in [0.5, 0.6) is 0 Å². The first kappa shape index (κ1) is 40.7. The number of carboxylic acids is 1. The molecule has 8 heteroatoms. The van der Waals surface area contributed by atoms with E-state index in [4.69, 9.17) is 0 Å². The highest BCUT2D eigenvalue weighted by Gasteiger charge is 2.70. The second-order valence-electron chi connectivity index (χ2n) is 21.1. The van der Waals surface area contributed by atoms with E-state index in [1.54, 1.807) is 0 Å². The Morgan fingerprint density at radius 3 is 2.26 bits per heavy atom. The predicted molar refractivity (Wildman–Crippen MR) is 218 cm³/mol. The summed E-state index contributed by atoms with van der Waals surface area (Å²) in [7, 11) is -2.96. The lowest BCUT2D eigenvalue weighted by Crippen LogP contribution is -2.68. The summed E-state index contributed by atoms with van der Waals surface area (Å²) in [6, 6.07) is 0. The van der Waals surface area contributed by atoms with Gasteiger partial charge in [0.1, 0.15) is 9.84 Å². The number of alkyl halides is 1. The van der Waals surface area contributed by atoms with Crippen LogP contribution < -0.4 is 5.32 Å². The van der Waals surface area contributed by atoms with Gasteiger partial charge >= 0.3 is 5.97 Å². The van der Waals surface area contributed by atoms with E-state index in [0.29, 0.717) is 42.4 Å². The summed E-state index contributed by atoms with van der Waals surface area (Å²) in [6.45, 7) is 23.1. The number of aliphatic carboxylic acids is 1. The van der Waals surface area contributed by atoms with Crippen LogP contribution in [0.15, 0.2) is 35.5 Å². The number of halogens is 1. The second kappa shape index (κ2) is 14.1. The first-order valence-corrected chi connectivity index (χ1v) is 23.7. The van der Waals surface area contributed by atoms with Gasteiger partial charge in [0.05, 0.1) is 17.3 Å². The van der Waals surface area contributed by atoms with Gasteiger partial charge in [-0.2, -0.15) is 0 Å². The molecule has 54 heavy (non-hydrogen) atoms. The third-order valence-electron chi connectivity index (χ3n) is 18.7. The fourth-order valence-electron chi connectivity index (χ4n) is 15.5. The van der Waals surface area contributed by atoms with E-state index < -0.39 is 27.9 Å². The normalized spacial score (nSPS) is 43.9. The second-order valence-corrected chi connectivity index (χ2v) is 23.5. The zero-order valence-electron chi connectivity index (χ0n) is 34.9. The van der Waals surface area contributed by atoms with Crippen molar-refractivity contribution >= 4 is 15.8 Å². The maximum Gasteiger partial charge on any atom is 0.310 e. The molecule has 0 bridgehead atoms. The van der Waals surface area contributed by atoms with Crippen LogP contribution in [0.4, 0.5) is 4.39 Å². The van der Waals surface area contributed by atoms with Gasteiger partial charge in [-0.25, -0.2) is 8.42 Å². The van der Waals surface area contributed by atoms with Crippen molar-refractivity contribution in [3.63, 3.8) is 0 Å². The van der Waals surface area contributed by atoms with E-state index in [-0.39, 0.29) is 38.9 Å². The number of carbonyl (C=O) groups is 1. The molecule has 1 saturated heterocycles. The maximum atomic E-state index is 13.5. The minimum Gasteiger partial charge on any atom is -0.481 e. The van der Waals surface area contributed by atoms with Crippen molar-refractivity contribution in [3.05, 3.63) is 35.5 Å². The van der Waals surface area contributed by atoms with Gasteiger partial charge in [0.15, 0.2) is 0 Å². The van der Waals surface area contributed by atoms with Gasteiger partial charge in [0.2, 0.25) is 0 Å². The third-order valence-corrected chi connectivity index (χ3v) is 20.4. The van der Waals surface area contributed by atoms with Crippen molar-refractivity contribution in [1.82, 2.24) is 10.2 Å². The monoisotopic (exact) mass is 769 g/mol. The first-order chi connectivity index (χ1) is 25.3. The molecular weight excluding hydrogens is 696 g/mol. The average molecular weight is 769 g/mol. The van der Waals surface area contributed by atoms with Crippen molar-refractivity contribution in [2.45, 2.75) is 149 Å². The van der Waals surface area contributed by atoms with E-state index >= 15 is 0 Å². The van der Waals surface area contributed by atoms with E-state index in [2.05, 4.69) is 70.5 Å². The molecule has 1 heterocycles. The Hall–Kier alpha value is -1.51. The summed E-state index contributed by atoms with van der Waals surface area (Å²) in [4.78, 5) is 14.7. The quantitative estimate of drug-likeness (QED) is 0.216. The zero-order chi connectivity index (χ0) is 39.1. The third kappa shape index (κ3) is 6.27. The molecule has 0 spiro atoms. The van der Waals surface area contributed by atoms with E-state index in [1.807, 2.05) is 0 Å². The van der Waals surface area contributed by atoms with Gasteiger partial charge in [-0.1, -0.05) is 58.9 Å². The SMILES string of the molecule is C=C(C)[C@@H]1CC[C@]2(NCCN3CCC(S(C)(=O)=O)CC3)CC[C@]3(C)[C@H](CC[C@@H]4[C@@]5(C)CC=C(C6=CCC(CCF)(C(=O)O)CC6)C(C)(C)[C@@H]5CC[C@]43C)[C@@H]12. The van der Waals surface area contributed by atoms with Gasteiger partial charge in [-0.05, 0) is 179 Å². The van der Waals surface area contributed by atoms with Crippen LogP contribution in [0.25, 0.3) is 0 Å². The summed E-state index contributed by atoms with van der Waals surface area (Å²) in [6.07, 6.45) is 20.6. The zero-order valence-corrected chi connectivity index (χ0v) is 35.7. The van der Waals surface area contributed by atoms with Crippen LogP contribution in [0.2, 0.25) is 0 Å². The standard InChI is InChI=1S/C46H73FN2O4S/c1-31(2)34-13-22-46(48-27-30-49-28-16-33(17-29-49)54(8,52)53)24-23-43(6)36(39(34)46)9-10-38-42(5)18-14-35(41(3,4)37(42)15-19-44(38,43)7)32-11-20-45(21-12-32,25-26-47)40(50)51/h11,14,33-34,36-39,48H,1,9-10,12-13,15-30H2,2-8H3,(H,50,51)/t34-,36+,37-,38+,39+,42-,43+,44+,45?,46-/m0/s1. The summed E-state index contributed by atoms with van der Waals surface area (Å²) in [5.41, 5.74) is 4.07. The van der Waals surface area contributed by atoms with Crippen molar-refractivity contribution in [2.24, 2.45) is 56.7 Å². The first-order valence-electron chi connectivity index (χ1n) is 21.8. The Morgan fingerprint density at radius 1 is 0.926 bits per heavy atom. The van der Waals surface area contributed by atoms with Gasteiger partial charge in [0.25, 0.3) is 0 Å². The summed E-state index contributed by atoms with van der Waals surface area (Å²) >= 11 is 0. The maximum absolute atomic E-state index is 13.5. The predicted octanol–water partition coefficient (Wildman–Crippen LogP) is 9.57. The molecule has 0 aromatic rings. The smallest absolute Gasteiger partial charge is 0.310 e. The molecule has 5 fully saturated rings. The number of hydrogen-bond donors (Lipinski definition) is 2. The van der Waals surface area contributed by atoms with Crippen LogP contribution in [0.3, 0.4) is 0 Å². The molecule has 7 rings (SSSR count).